The van der Waals surface area contributed by atoms with Crippen molar-refractivity contribution in [2.75, 3.05) is 6.61 Å². The van der Waals surface area contributed by atoms with Crippen LogP contribution in [0.4, 0.5) is 0 Å². The van der Waals surface area contributed by atoms with Gasteiger partial charge in [0.1, 0.15) is 17.6 Å². The van der Waals surface area contributed by atoms with Crippen LogP contribution in [-0.2, 0) is 6.54 Å². The molecule has 0 radical (unpaired) electrons. The van der Waals surface area contributed by atoms with Gasteiger partial charge in [-0.1, -0.05) is 12.1 Å². The van der Waals surface area contributed by atoms with Crippen LogP contribution in [0.5, 0.6) is 5.75 Å². The molecule has 1 atom stereocenters. The molecule has 5 heteroatoms. The molecule has 104 valence electrons. The van der Waals surface area contributed by atoms with Crippen molar-refractivity contribution in [3.63, 3.8) is 0 Å². The molecule has 0 saturated heterocycles. The Morgan fingerprint density at radius 1 is 1.40 bits per heavy atom. The Bertz CT molecular complexity index is 584. The van der Waals surface area contributed by atoms with Crippen LogP contribution >= 0.6 is 0 Å². The molecular weight excluding hydrogens is 254 g/mol. The highest BCUT2D eigenvalue weighted by Gasteiger charge is 2.07. The van der Waals surface area contributed by atoms with Crippen LogP contribution in [0.2, 0.25) is 0 Å². The predicted octanol–water partition coefficient (Wildman–Crippen LogP) is 2.74. The van der Waals surface area contributed by atoms with Crippen LogP contribution in [0, 0.1) is 18.3 Å². The van der Waals surface area contributed by atoms with E-state index >= 15 is 0 Å². The summed E-state index contributed by atoms with van der Waals surface area (Å²) >= 11 is 0. The van der Waals surface area contributed by atoms with Crippen molar-refractivity contribution in [1.82, 2.24) is 10.3 Å². The number of benzene rings is 1. The van der Waals surface area contributed by atoms with E-state index in [0.29, 0.717) is 18.2 Å². The third kappa shape index (κ3) is 3.84. The van der Waals surface area contributed by atoms with Crippen molar-refractivity contribution >= 4 is 0 Å². The molecule has 1 aromatic heterocycles. The summed E-state index contributed by atoms with van der Waals surface area (Å²) in [6.45, 7) is 4.60. The normalized spacial score (nSPS) is 11.8. The van der Waals surface area contributed by atoms with Crippen molar-refractivity contribution < 1.29 is 9.15 Å². The zero-order valence-corrected chi connectivity index (χ0v) is 11.6. The van der Waals surface area contributed by atoms with Crippen LogP contribution in [0.3, 0.4) is 0 Å². The lowest BCUT2D eigenvalue weighted by Crippen LogP contribution is -2.18. The van der Waals surface area contributed by atoms with Crippen LogP contribution in [0.25, 0.3) is 0 Å². The first kappa shape index (κ1) is 14.1. The number of aromatic nitrogens is 1. The van der Waals surface area contributed by atoms with E-state index in [-0.39, 0.29) is 12.6 Å². The molecule has 1 N–H and O–H groups in total. The third-order valence-electron chi connectivity index (χ3n) is 2.91. The first-order valence-electron chi connectivity index (χ1n) is 6.43. The van der Waals surface area contributed by atoms with Crippen molar-refractivity contribution in [2.24, 2.45) is 0 Å². The van der Waals surface area contributed by atoms with Gasteiger partial charge < -0.3 is 14.5 Å². The molecular formula is C15H17N3O2. The van der Waals surface area contributed by atoms with Crippen LogP contribution in [0.15, 0.2) is 34.9 Å². The summed E-state index contributed by atoms with van der Waals surface area (Å²) in [4.78, 5) is 4.15. The minimum atomic E-state index is 0.0661. The molecule has 0 fully saturated rings. The fourth-order valence-corrected chi connectivity index (χ4v) is 1.81. The molecule has 0 spiro atoms. The van der Waals surface area contributed by atoms with Crippen LogP contribution in [0.1, 0.15) is 30.2 Å². The van der Waals surface area contributed by atoms with Gasteiger partial charge >= 0.3 is 0 Å². The Kier molecular flexibility index (Phi) is 4.75. The van der Waals surface area contributed by atoms with Gasteiger partial charge in [0.2, 0.25) is 5.89 Å². The van der Waals surface area contributed by atoms with Crippen molar-refractivity contribution in [2.45, 2.75) is 26.4 Å². The number of nitriles is 1. The maximum absolute atomic E-state index is 8.45. The van der Waals surface area contributed by atoms with E-state index in [9.17, 15) is 0 Å². The molecule has 2 rings (SSSR count). The van der Waals surface area contributed by atoms with Crippen molar-refractivity contribution in [3.05, 3.63) is 47.7 Å². The topological polar surface area (TPSA) is 71.1 Å². The summed E-state index contributed by atoms with van der Waals surface area (Å²) in [6, 6.07) is 9.79. The highest BCUT2D eigenvalue weighted by atomic mass is 16.5. The summed E-state index contributed by atoms with van der Waals surface area (Å²) in [5.74, 6) is 2.20. The number of nitrogens with one attached hydrogen (secondary N) is 1. The van der Waals surface area contributed by atoms with E-state index in [1.54, 1.807) is 6.20 Å². The zero-order chi connectivity index (χ0) is 14.4. The van der Waals surface area contributed by atoms with Crippen LogP contribution in [-0.4, -0.2) is 11.6 Å². The summed E-state index contributed by atoms with van der Waals surface area (Å²) < 4.78 is 10.6. The number of hydrogen-bond acceptors (Lipinski definition) is 5. The molecule has 20 heavy (non-hydrogen) atoms. The van der Waals surface area contributed by atoms with Gasteiger partial charge in [-0.3, -0.25) is 0 Å². The minimum absolute atomic E-state index is 0.0661. The van der Waals surface area contributed by atoms with Gasteiger partial charge in [0, 0.05) is 6.04 Å². The summed E-state index contributed by atoms with van der Waals surface area (Å²) in [6.07, 6.45) is 1.71. The number of nitrogens with zero attached hydrogens (tertiary/aromatic N) is 2. The highest BCUT2D eigenvalue weighted by Crippen LogP contribution is 2.18. The van der Waals surface area contributed by atoms with Gasteiger partial charge in [-0.05, 0) is 31.5 Å². The van der Waals surface area contributed by atoms with Gasteiger partial charge in [0.25, 0.3) is 0 Å². The first-order chi connectivity index (χ1) is 9.69. The van der Waals surface area contributed by atoms with Gasteiger partial charge in [0.15, 0.2) is 6.61 Å². The number of aryl methyl sites for hydroxylation is 1. The number of rotatable bonds is 6. The van der Waals surface area contributed by atoms with Crippen LogP contribution < -0.4 is 10.1 Å². The lowest BCUT2D eigenvalue weighted by atomic mass is 10.1. The lowest BCUT2D eigenvalue weighted by Gasteiger charge is -2.13. The zero-order valence-electron chi connectivity index (χ0n) is 11.6. The average molecular weight is 271 g/mol. The third-order valence-corrected chi connectivity index (χ3v) is 2.91. The van der Waals surface area contributed by atoms with Crippen molar-refractivity contribution in [3.8, 4) is 11.8 Å². The molecule has 1 heterocycles. The van der Waals surface area contributed by atoms with Gasteiger partial charge in [-0.2, -0.15) is 5.26 Å². The maximum Gasteiger partial charge on any atom is 0.208 e. The Balaban J connectivity index is 1.88. The number of ether oxygens (including phenoxy) is 1. The molecule has 0 saturated carbocycles. The molecule has 0 aliphatic rings. The van der Waals surface area contributed by atoms with Gasteiger partial charge in [0.05, 0.1) is 12.7 Å². The summed E-state index contributed by atoms with van der Waals surface area (Å²) in [5.41, 5.74) is 1.14. The Labute approximate surface area is 118 Å². The number of oxazole rings is 1. The maximum atomic E-state index is 8.45. The molecule has 2 aromatic rings. The van der Waals surface area contributed by atoms with Gasteiger partial charge in [-0.25, -0.2) is 4.98 Å². The standard InChI is InChI=1S/C15H17N3O2/c1-11-9-18-15(20-11)10-17-12(2)13-3-5-14(6-4-13)19-8-7-16/h3-6,9,12,17H,8,10H2,1-2H3. The summed E-state index contributed by atoms with van der Waals surface area (Å²) in [7, 11) is 0. The molecule has 0 aliphatic heterocycles. The largest absolute Gasteiger partial charge is 0.479 e. The fraction of sp³-hybridized carbons (Fsp3) is 0.333. The SMILES string of the molecule is Cc1cnc(CNC(C)c2ccc(OCC#N)cc2)o1. The Morgan fingerprint density at radius 3 is 2.75 bits per heavy atom. The molecule has 0 amide bonds. The van der Waals surface area contributed by atoms with E-state index in [0.717, 1.165) is 11.3 Å². The Morgan fingerprint density at radius 2 is 2.15 bits per heavy atom. The second kappa shape index (κ2) is 6.73. The summed E-state index contributed by atoms with van der Waals surface area (Å²) in [5, 5.41) is 11.8. The molecule has 0 bridgehead atoms. The molecule has 1 aromatic carbocycles. The fourth-order valence-electron chi connectivity index (χ4n) is 1.81. The highest BCUT2D eigenvalue weighted by molar-refractivity contribution is 5.29. The quantitative estimate of drug-likeness (QED) is 0.874. The predicted molar refractivity (Wildman–Crippen MR) is 74.0 cm³/mol. The minimum Gasteiger partial charge on any atom is -0.479 e. The van der Waals surface area contributed by atoms with E-state index in [4.69, 9.17) is 14.4 Å². The van der Waals surface area contributed by atoms with Crippen molar-refractivity contribution in [1.29, 1.82) is 5.26 Å². The first-order valence-corrected chi connectivity index (χ1v) is 6.43. The average Bonchev–Trinajstić information content (AvgIpc) is 2.89. The monoisotopic (exact) mass is 271 g/mol. The van der Waals surface area contributed by atoms with E-state index < -0.39 is 0 Å². The lowest BCUT2D eigenvalue weighted by molar-refractivity contribution is 0.368. The molecule has 1 unspecified atom stereocenters. The second-order valence-corrected chi connectivity index (χ2v) is 4.48. The smallest absolute Gasteiger partial charge is 0.208 e. The Hall–Kier alpha value is -2.32. The van der Waals surface area contributed by atoms with Gasteiger partial charge in [-0.15, -0.1) is 0 Å². The molecule has 0 aliphatic carbocycles. The second-order valence-electron chi connectivity index (χ2n) is 4.48. The van der Waals surface area contributed by atoms with E-state index in [1.807, 2.05) is 37.3 Å². The van der Waals surface area contributed by atoms with E-state index in [2.05, 4.69) is 17.2 Å². The van der Waals surface area contributed by atoms with E-state index in [1.165, 1.54) is 0 Å². The molecule has 5 nitrogen and oxygen atoms in total. The number of hydrogen-bond donors (Lipinski definition) is 1.